The standard InChI is InChI=1S/C13H19BrN2O3S/c1-2-3-8-20(17,18)16-7-6-12(10-16)19-13-5-4-11(14)9-15-13/h4-5,9,12H,2-3,6-8,10H2,1H3. The molecule has 5 nitrogen and oxygen atoms in total. The molecule has 1 aromatic heterocycles. The van der Waals surface area contributed by atoms with E-state index in [0.717, 1.165) is 10.9 Å². The number of aromatic nitrogens is 1. The summed E-state index contributed by atoms with van der Waals surface area (Å²) in [7, 11) is -3.13. The fourth-order valence-electron chi connectivity index (χ4n) is 2.11. The number of unbranched alkanes of at least 4 members (excludes halogenated alkanes) is 1. The maximum absolute atomic E-state index is 12.1. The molecule has 2 rings (SSSR count). The normalized spacial score (nSPS) is 20.2. The molecule has 112 valence electrons. The molecule has 0 radical (unpaired) electrons. The van der Waals surface area contributed by atoms with E-state index < -0.39 is 10.0 Å². The summed E-state index contributed by atoms with van der Waals surface area (Å²) in [6.45, 7) is 2.95. The summed E-state index contributed by atoms with van der Waals surface area (Å²) in [5.74, 6) is 0.762. The van der Waals surface area contributed by atoms with Crippen molar-refractivity contribution in [2.24, 2.45) is 0 Å². The zero-order valence-corrected chi connectivity index (χ0v) is 13.9. The monoisotopic (exact) mass is 362 g/mol. The first-order valence-electron chi connectivity index (χ1n) is 6.77. The highest BCUT2D eigenvalue weighted by atomic mass is 79.9. The van der Waals surface area contributed by atoms with Gasteiger partial charge >= 0.3 is 0 Å². The summed E-state index contributed by atoms with van der Waals surface area (Å²) in [6.07, 6.45) is 3.86. The van der Waals surface area contributed by atoms with Gasteiger partial charge in [0.2, 0.25) is 15.9 Å². The molecule has 0 N–H and O–H groups in total. The molecule has 0 saturated carbocycles. The molecule has 2 heterocycles. The Kier molecular flexibility index (Phi) is 5.40. The summed E-state index contributed by atoms with van der Waals surface area (Å²) < 4.78 is 32.3. The van der Waals surface area contributed by atoms with E-state index in [-0.39, 0.29) is 11.9 Å². The molecule has 7 heteroatoms. The van der Waals surface area contributed by atoms with Gasteiger partial charge in [0.1, 0.15) is 6.10 Å². The van der Waals surface area contributed by atoms with Crippen LogP contribution in [0.4, 0.5) is 0 Å². The van der Waals surface area contributed by atoms with Crippen LogP contribution in [0.25, 0.3) is 0 Å². The Labute approximate surface area is 128 Å². The quantitative estimate of drug-likeness (QED) is 0.779. The van der Waals surface area contributed by atoms with E-state index in [1.54, 1.807) is 12.3 Å². The number of ether oxygens (including phenoxy) is 1. The molecular formula is C13H19BrN2O3S. The van der Waals surface area contributed by atoms with Crippen LogP contribution in [0.3, 0.4) is 0 Å². The van der Waals surface area contributed by atoms with E-state index in [0.29, 0.717) is 31.8 Å². The summed E-state index contributed by atoms with van der Waals surface area (Å²) in [6, 6.07) is 3.63. The Morgan fingerprint density at radius 1 is 1.50 bits per heavy atom. The second kappa shape index (κ2) is 6.87. The first kappa shape index (κ1) is 15.7. The number of sulfonamides is 1. The van der Waals surface area contributed by atoms with Crippen LogP contribution < -0.4 is 4.74 Å². The first-order chi connectivity index (χ1) is 9.51. The van der Waals surface area contributed by atoms with Crippen molar-refractivity contribution in [3.8, 4) is 5.88 Å². The second-order valence-electron chi connectivity index (χ2n) is 4.87. The molecule has 1 aliphatic heterocycles. The molecule has 0 aliphatic carbocycles. The maximum Gasteiger partial charge on any atom is 0.214 e. The van der Waals surface area contributed by atoms with E-state index in [2.05, 4.69) is 20.9 Å². The van der Waals surface area contributed by atoms with Crippen molar-refractivity contribution in [3.63, 3.8) is 0 Å². The van der Waals surface area contributed by atoms with Crippen LogP contribution in [0.5, 0.6) is 5.88 Å². The van der Waals surface area contributed by atoms with Gasteiger partial charge in [-0.3, -0.25) is 0 Å². The smallest absolute Gasteiger partial charge is 0.214 e. The fraction of sp³-hybridized carbons (Fsp3) is 0.615. The first-order valence-corrected chi connectivity index (χ1v) is 9.17. The topological polar surface area (TPSA) is 59.5 Å². The van der Waals surface area contributed by atoms with Crippen molar-refractivity contribution < 1.29 is 13.2 Å². The molecular weight excluding hydrogens is 344 g/mol. The third-order valence-electron chi connectivity index (χ3n) is 3.24. The molecule has 1 aromatic rings. The average molecular weight is 363 g/mol. The van der Waals surface area contributed by atoms with E-state index in [1.165, 1.54) is 4.31 Å². The van der Waals surface area contributed by atoms with Crippen LogP contribution in [0, 0.1) is 0 Å². The van der Waals surface area contributed by atoms with Crippen LogP contribution in [0.15, 0.2) is 22.8 Å². The van der Waals surface area contributed by atoms with Crippen LogP contribution in [0.1, 0.15) is 26.2 Å². The van der Waals surface area contributed by atoms with Gasteiger partial charge in [-0.2, -0.15) is 4.31 Å². The van der Waals surface area contributed by atoms with Crippen molar-refractivity contribution in [3.05, 3.63) is 22.8 Å². The van der Waals surface area contributed by atoms with Gasteiger partial charge in [0.25, 0.3) is 0 Å². The molecule has 20 heavy (non-hydrogen) atoms. The molecule has 1 aliphatic rings. The highest BCUT2D eigenvalue weighted by molar-refractivity contribution is 9.10. The third-order valence-corrected chi connectivity index (χ3v) is 5.64. The van der Waals surface area contributed by atoms with Gasteiger partial charge in [-0.15, -0.1) is 0 Å². The van der Waals surface area contributed by atoms with Gasteiger partial charge < -0.3 is 4.74 Å². The summed E-state index contributed by atoms with van der Waals surface area (Å²) in [4.78, 5) is 4.14. The number of nitrogens with zero attached hydrogens (tertiary/aromatic N) is 2. The van der Waals surface area contributed by atoms with Gasteiger partial charge in [-0.1, -0.05) is 13.3 Å². The lowest BCUT2D eigenvalue weighted by Gasteiger charge is -2.16. The number of hydrogen-bond donors (Lipinski definition) is 0. The highest BCUT2D eigenvalue weighted by Gasteiger charge is 2.32. The van der Waals surface area contributed by atoms with Gasteiger partial charge in [-0.05, 0) is 34.8 Å². The molecule has 0 bridgehead atoms. The van der Waals surface area contributed by atoms with Crippen LogP contribution in [-0.4, -0.2) is 42.7 Å². The van der Waals surface area contributed by atoms with Crippen LogP contribution in [-0.2, 0) is 10.0 Å². The van der Waals surface area contributed by atoms with E-state index in [9.17, 15) is 8.42 Å². The number of hydrogen-bond acceptors (Lipinski definition) is 4. The number of halogens is 1. The van der Waals surface area contributed by atoms with E-state index in [1.807, 2.05) is 13.0 Å². The number of rotatable bonds is 6. The second-order valence-corrected chi connectivity index (χ2v) is 7.87. The molecule has 0 spiro atoms. The SMILES string of the molecule is CCCCS(=O)(=O)N1CCC(Oc2ccc(Br)cn2)C1. The zero-order chi connectivity index (χ0) is 14.6. The van der Waals surface area contributed by atoms with Crippen molar-refractivity contribution in [1.82, 2.24) is 9.29 Å². The Bertz CT molecular complexity index is 533. The van der Waals surface area contributed by atoms with E-state index in [4.69, 9.17) is 4.74 Å². The van der Waals surface area contributed by atoms with Gasteiger partial charge in [0.05, 0.1) is 12.3 Å². The lowest BCUT2D eigenvalue weighted by atomic mass is 10.3. The predicted octanol–water partition coefficient (Wildman–Crippen LogP) is 2.43. The van der Waals surface area contributed by atoms with Gasteiger partial charge in [0, 0.05) is 23.3 Å². The van der Waals surface area contributed by atoms with Crippen molar-refractivity contribution in [2.45, 2.75) is 32.3 Å². The molecule has 1 unspecified atom stereocenters. The Hall–Kier alpha value is -0.660. The lowest BCUT2D eigenvalue weighted by Crippen LogP contribution is -2.32. The Morgan fingerprint density at radius 3 is 2.95 bits per heavy atom. The zero-order valence-electron chi connectivity index (χ0n) is 11.5. The molecule has 1 atom stereocenters. The minimum absolute atomic E-state index is 0.111. The van der Waals surface area contributed by atoms with Crippen molar-refractivity contribution in [2.75, 3.05) is 18.8 Å². The largest absolute Gasteiger partial charge is 0.473 e. The fourth-order valence-corrected chi connectivity index (χ4v) is 4.03. The van der Waals surface area contributed by atoms with E-state index >= 15 is 0 Å². The Balaban J connectivity index is 1.90. The molecule has 0 amide bonds. The van der Waals surface area contributed by atoms with Crippen molar-refractivity contribution in [1.29, 1.82) is 0 Å². The maximum atomic E-state index is 12.1. The van der Waals surface area contributed by atoms with Crippen LogP contribution in [0.2, 0.25) is 0 Å². The predicted molar refractivity (Wildman–Crippen MR) is 81.2 cm³/mol. The summed E-state index contributed by atoms with van der Waals surface area (Å²) in [5.41, 5.74) is 0. The van der Waals surface area contributed by atoms with Gasteiger partial charge in [0.15, 0.2) is 0 Å². The highest BCUT2D eigenvalue weighted by Crippen LogP contribution is 2.20. The number of pyridine rings is 1. The minimum atomic E-state index is -3.13. The average Bonchev–Trinajstić information content (AvgIpc) is 2.88. The van der Waals surface area contributed by atoms with Gasteiger partial charge in [-0.25, -0.2) is 13.4 Å². The lowest BCUT2D eigenvalue weighted by molar-refractivity contribution is 0.207. The molecule has 1 saturated heterocycles. The summed E-state index contributed by atoms with van der Waals surface area (Å²) >= 11 is 3.31. The Morgan fingerprint density at radius 2 is 2.30 bits per heavy atom. The van der Waals surface area contributed by atoms with Crippen molar-refractivity contribution >= 4 is 26.0 Å². The summed E-state index contributed by atoms with van der Waals surface area (Å²) in [5, 5.41) is 0. The molecule has 0 aromatic carbocycles. The molecule has 1 fully saturated rings. The third kappa shape index (κ3) is 4.17. The minimum Gasteiger partial charge on any atom is -0.473 e. The van der Waals surface area contributed by atoms with Crippen LogP contribution >= 0.6 is 15.9 Å².